The van der Waals surface area contributed by atoms with Crippen molar-refractivity contribution in [3.8, 4) is 0 Å². The van der Waals surface area contributed by atoms with Gasteiger partial charge in [0.2, 0.25) is 15.9 Å². The van der Waals surface area contributed by atoms with Crippen molar-refractivity contribution in [2.24, 2.45) is 5.92 Å². The summed E-state index contributed by atoms with van der Waals surface area (Å²) >= 11 is 0. The first kappa shape index (κ1) is 23.4. The van der Waals surface area contributed by atoms with E-state index in [1.54, 1.807) is 18.2 Å². The van der Waals surface area contributed by atoms with Gasteiger partial charge in [-0.25, -0.2) is 12.7 Å². The average Bonchev–Trinajstić information content (AvgIpc) is 3.08. The van der Waals surface area contributed by atoms with Crippen LogP contribution in [-0.4, -0.2) is 50.5 Å². The van der Waals surface area contributed by atoms with Crippen molar-refractivity contribution in [2.75, 3.05) is 29.7 Å². The number of aryl methyl sites for hydroxylation is 1. The lowest BCUT2D eigenvalue weighted by Crippen LogP contribution is -2.42. The van der Waals surface area contributed by atoms with Gasteiger partial charge in [-0.1, -0.05) is 42.8 Å². The molecule has 2 heterocycles. The van der Waals surface area contributed by atoms with E-state index in [1.807, 2.05) is 0 Å². The molecule has 2 fully saturated rings. The van der Waals surface area contributed by atoms with Crippen LogP contribution in [-0.2, 0) is 14.8 Å². The fourth-order valence-electron chi connectivity index (χ4n) is 4.52. The predicted molar refractivity (Wildman–Crippen MR) is 129 cm³/mol. The highest BCUT2D eigenvalue weighted by Crippen LogP contribution is 2.28. The molecule has 0 aromatic heterocycles. The number of amides is 2. The molecule has 2 amide bonds. The minimum Gasteiger partial charge on any atom is -0.350 e. The number of sulfonamides is 1. The molecule has 4 rings (SSSR count). The lowest BCUT2D eigenvalue weighted by molar-refractivity contribution is -0.116. The monoisotopic (exact) mass is 469 g/mol. The number of piperidine rings is 1. The van der Waals surface area contributed by atoms with Crippen LogP contribution in [0.3, 0.4) is 0 Å². The molecule has 1 atom stereocenters. The molecule has 0 radical (unpaired) electrons. The van der Waals surface area contributed by atoms with Crippen LogP contribution in [0.15, 0.2) is 48.5 Å². The Hall–Kier alpha value is -2.71. The number of likely N-dealkylation sites (tertiary alicyclic amines) is 1. The third-order valence-corrected chi connectivity index (χ3v) is 8.29. The lowest BCUT2D eigenvalue weighted by Gasteiger charge is -2.37. The topological polar surface area (TPSA) is 86.8 Å². The summed E-state index contributed by atoms with van der Waals surface area (Å²) in [6, 6.07) is 14.7. The van der Waals surface area contributed by atoms with Crippen molar-refractivity contribution in [1.29, 1.82) is 0 Å². The van der Waals surface area contributed by atoms with Crippen LogP contribution in [0.5, 0.6) is 0 Å². The molecule has 0 aliphatic carbocycles. The molecule has 2 saturated heterocycles. The molecule has 33 heavy (non-hydrogen) atoms. The number of rotatable bonds is 6. The first-order chi connectivity index (χ1) is 15.7. The predicted octanol–water partition coefficient (Wildman–Crippen LogP) is 3.26. The molecular formula is C25H31N3O4S. The summed E-state index contributed by atoms with van der Waals surface area (Å²) in [6.07, 6.45) is 2.23. The summed E-state index contributed by atoms with van der Waals surface area (Å²) in [6.45, 7) is 6.75. The maximum atomic E-state index is 13.0. The van der Waals surface area contributed by atoms with Crippen LogP contribution in [0.25, 0.3) is 0 Å². The summed E-state index contributed by atoms with van der Waals surface area (Å²) in [5.74, 6) is -0.244. The van der Waals surface area contributed by atoms with Gasteiger partial charge in [0.05, 0.1) is 17.5 Å². The zero-order valence-corrected chi connectivity index (χ0v) is 20.0. The van der Waals surface area contributed by atoms with Gasteiger partial charge < -0.3 is 5.32 Å². The van der Waals surface area contributed by atoms with Crippen molar-refractivity contribution >= 4 is 27.5 Å². The summed E-state index contributed by atoms with van der Waals surface area (Å²) in [7, 11) is -3.67. The summed E-state index contributed by atoms with van der Waals surface area (Å²) < 4.78 is 25.3. The van der Waals surface area contributed by atoms with Crippen LogP contribution in [0.2, 0.25) is 0 Å². The smallest absolute Gasteiger partial charge is 0.251 e. The van der Waals surface area contributed by atoms with Gasteiger partial charge >= 0.3 is 0 Å². The Morgan fingerprint density at radius 2 is 1.82 bits per heavy atom. The van der Waals surface area contributed by atoms with Crippen LogP contribution in [0, 0.1) is 12.8 Å². The highest BCUT2D eigenvalue weighted by molar-refractivity contribution is 7.94. The number of hydrogen-bond acceptors (Lipinski definition) is 5. The van der Waals surface area contributed by atoms with Gasteiger partial charge in [-0.05, 0) is 62.5 Å². The molecule has 0 bridgehead atoms. The standard InChI is InChI=1S/C25H31N3O4S/c1-18-6-8-20(9-7-18)23(27-13-10-19(2)11-14-27)17-26-25(30)21-4-3-5-22(16-21)28-24(29)12-15-33(28,31)32/h3-9,16,19,23H,10-15,17H2,1-2H3,(H,26,30). The Kier molecular flexibility index (Phi) is 6.86. The maximum Gasteiger partial charge on any atom is 0.251 e. The first-order valence-electron chi connectivity index (χ1n) is 11.5. The number of hydrogen-bond donors (Lipinski definition) is 1. The van der Waals surface area contributed by atoms with E-state index < -0.39 is 15.9 Å². The van der Waals surface area contributed by atoms with E-state index in [4.69, 9.17) is 0 Å². The zero-order chi connectivity index (χ0) is 23.6. The summed E-state index contributed by atoms with van der Waals surface area (Å²) in [5, 5.41) is 3.04. The number of anilines is 1. The Labute approximate surface area is 195 Å². The van der Waals surface area contributed by atoms with Crippen molar-refractivity contribution in [1.82, 2.24) is 10.2 Å². The molecule has 0 saturated carbocycles. The number of carbonyl (C=O) groups excluding carboxylic acids is 2. The maximum absolute atomic E-state index is 13.0. The summed E-state index contributed by atoms with van der Waals surface area (Å²) in [5.41, 5.74) is 2.90. The second kappa shape index (κ2) is 9.65. The minimum atomic E-state index is -3.67. The normalized spacial score (nSPS) is 20.1. The molecule has 2 aliphatic rings. The molecule has 176 valence electrons. The molecule has 1 unspecified atom stereocenters. The van der Waals surface area contributed by atoms with E-state index in [1.165, 1.54) is 11.6 Å². The number of carbonyl (C=O) groups is 2. The zero-order valence-electron chi connectivity index (χ0n) is 19.2. The van der Waals surface area contributed by atoms with Crippen LogP contribution in [0.1, 0.15) is 53.7 Å². The second-order valence-electron chi connectivity index (χ2n) is 9.13. The van der Waals surface area contributed by atoms with Crippen molar-refractivity contribution in [2.45, 2.75) is 39.2 Å². The average molecular weight is 470 g/mol. The third-order valence-electron chi connectivity index (χ3n) is 6.60. The largest absolute Gasteiger partial charge is 0.350 e. The first-order valence-corrected chi connectivity index (χ1v) is 13.1. The molecule has 1 N–H and O–H groups in total. The van der Waals surface area contributed by atoms with Crippen LogP contribution < -0.4 is 9.62 Å². The minimum absolute atomic E-state index is 0.0363. The van der Waals surface area contributed by atoms with Crippen LogP contribution in [0.4, 0.5) is 5.69 Å². The van der Waals surface area contributed by atoms with E-state index in [2.05, 4.69) is 48.3 Å². The third kappa shape index (κ3) is 5.28. The summed E-state index contributed by atoms with van der Waals surface area (Å²) in [4.78, 5) is 27.5. The van der Waals surface area contributed by atoms with Crippen molar-refractivity contribution in [3.05, 3.63) is 65.2 Å². The van der Waals surface area contributed by atoms with Gasteiger partial charge in [0.1, 0.15) is 0 Å². The van der Waals surface area contributed by atoms with E-state index in [-0.39, 0.29) is 29.8 Å². The van der Waals surface area contributed by atoms with E-state index >= 15 is 0 Å². The van der Waals surface area contributed by atoms with E-state index in [0.717, 1.165) is 35.8 Å². The van der Waals surface area contributed by atoms with Gasteiger partial charge in [-0.15, -0.1) is 0 Å². The van der Waals surface area contributed by atoms with Crippen molar-refractivity contribution < 1.29 is 18.0 Å². The Morgan fingerprint density at radius 3 is 2.45 bits per heavy atom. The van der Waals surface area contributed by atoms with Crippen molar-refractivity contribution in [3.63, 3.8) is 0 Å². The Bertz CT molecular complexity index is 1120. The number of benzene rings is 2. The van der Waals surface area contributed by atoms with Gasteiger partial charge in [0, 0.05) is 18.5 Å². The fraction of sp³-hybridized carbons (Fsp3) is 0.440. The highest BCUT2D eigenvalue weighted by Gasteiger charge is 2.36. The Balaban J connectivity index is 1.50. The molecule has 8 heteroatoms. The molecule has 2 aliphatic heterocycles. The molecular weight excluding hydrogens is 438 g/mol. The number of nitrogens with zero attached hydrogens (tertiary/aromatic N) is 2. The van der Waals surface area contributed by atoms with Gasteiger partial charge in [0.25, 0.3) is 5.91 Å². The molecule has 7 nitrogen and oxygen atoms in total. The quantitative estimate of drug-likeness (QED) is 0.702. The fourth-order valence-corrected chi connectivity index (χ4v) is 5.97. The molecule has 0 spiro atoms. The van der Waals surface area contributed by atoms with E-state index in [9.17, 15) is 18.0 Å². The molecule has 2 aromatic rings. The van der Waals surface area contributed by atoms with Gasteiger partial charge in [-0.2, -0.15) is 0 Å². The number of nitrogens with one attached hydrogen (secondary N) is 1. The Morgan fingerprint density at radius 1 is 1.12 bits per heavy atom. The van der Waals surface area contributed by atoms with Gasteiger partial charge in [0.15, 0.2) is 0 Å². The second-order valence-corrected chi connectivity index (χ2v) is 11.1. The molecule has 2 aromatic carbocycles. The SMILES string of the molecule is Cc1ccc(C(CNC(=O)c2cccc(N3C(=O)CCS3(=O)=O)c2)N2CCC(C)CC2)cc1. The lowest BCUT2D eigenvalue weighted by atomic mass is 9.95. The van der Waals surface area contributed by atoms with Crippen LogP contribution >= 0.6 is 0 Å². The van der Waals surface area contributed by atoms with E-state index in [0.29, 0.717) is 18.0 Å². The van der Waals surface area contributed by atoms with Gasteiger partial charge in [-0.3, -0.25) is 14.5 Å². The highest BCUT2D eigenvalue weighted by atomic mass is 32.2.